The summed E-state index contributed by atoms with van der Waals surface area (Å²) in [4.78, 5) is 0. The van der Waals surface area contributed by atoms with E-state index >= 15 is 0 Å². The molecule has 1 aliphatic heterocycles. The van der Waals surface area contributed by atoms with E-state index in [1.54, 1.807) is 11.8 Å². The summed E-state index contributed by atoms with van der Waals surface area (Å²) in [5.41, 5.74) is 3.41. The van der Waals surface area contributed by atoms with E-state index in [9.17, 15) is 20.4 Å². The van der Waals surface area contributed by atoms with Crippen LogP contribution in [0.15, 0.2) is 54.6 Å². The first-order valence-corrected chi connectivity index (χ1v) is 10.7. The first-order valence-electron chi connectivity index (χ1n) is 10.7. The molecule has 2 aromatic carbocycles. The van der Waals surface area contributed by atoms with Crippen molar-refractivity contribution in [3.63, 3.8) is 0 Å². The van der Waals surface area contributed by atoms with Gasteiger partial charge in [0, 0.05) is 17.7 Å². The largest absolute Gasteiger partial charge is 0.497 e. The Morgan fingerprint density at radius 3 is 2.30 bits per heavy atom. The van der Waals surface area contributed by atoms with Gasteiger partial charge in [0.2, 0.25) is 12.2 Å². The number of hydrogen-bond acceptors (Lipinski definition) is 8. The Hall–Kier alpha value is -2.95. The van der Waals surface area contributed by atoms with Gasteiger partial charge < -0.3 is 34.6 Å². The highest BCUT2D eigenvalue weighted by Gasteiger charge is 2.45. The van der Waals surface area contributed by atoms with Crippen molar-refractivity contribution in [1.29, 1.82) is 0 Å². The number of ether oxygens (including phenoxy) is 3. The van der Waals surface area contributed by atoms with Crippen molar-refractivity contribution >= 4 is 0 Å². The lowest BCUT2D eigenvalue weighted by Crippen LogP contribution is -2.60. The van der Waals surface area contributed by atoms with Gasteiger partial charge in [-0.05, 0) is 36.8 Å². The lowest BCUT2D eigenvalue weighted by molar-refractivity contribution is -0.278. The quantitative estimate of drug-likeness (QED) is 0.414. The van der Waals surface area contributed by atoms with Gasteiger partial charge in [-0.1, -0.05) is 30.3 Å². The summed E-state index contributed by atoms with van der Waals surface area (Å²) >= 11 is 0. The molecule has 0 amide bonds. The van der Waals surface area contributed by atoms with Crippen LogP contribution in [0.5, 0.6) is 11.6 Å². The smallest absolute Gasteiger partial charge is 0.239 e. The van der Waals surface area contributed by atoms with Gasteiger partial charge in [-0.3, -0.25) is 0 Å². The van der Waals surface area contributed by atoms with Crippen molar-refractivity contribution in [2.75, 3.05) is 13.7 Å². The maximum atomic E-state index is 10.4. The van der Waals surface area contributed by atoms with E-state index in [1.165, 1.54) is 0 Å². The summed E-state index contributed by atoms with van der Waals surface area (Å²) in [7, 11) is 1.61. The van der Waals surface area contributed by atoms with E-state index in [2.05, 4.69) is 5.10 Å². The summed E-state index contributed by atoms with van der Waals surface area (Å²) in [5, 5.41) is 44.7. The van der Waals surface area contributed by atoms with Crippen LogP contribution in [0.25, 0.3) is 5.69 Å². The molecule has 3 aromatic rings. The fourth-order valence-corrected chi connectivity index (χ4v) is 3.85. The Labute approximate surface area is 191 Å². The minimum atomic E-state index is -1.54. The summed E-state index contributed by atoms with van der Waals surface area (Å²) in [6.45, 7) is 1.37. The first-order chi connectivity index (χ1) is 15.9. The minimum Gasteiger partial charge on any atom is -0.497 e. The molecule has 2 heterocycles. The highest BCUT2D eigenvalue weighted by Crippen LogP contribution is 2.31. The lowest BCUT2D eigenvalue weighted by Gasteiger charge is -2.39. The van der Waals surface area contributed by atoms with Gasteiger partial charge in [0.15, 0.2) is 0 Å². The van der Waals surface area contributed by atoms with Crippen molar-refractivity contribution in [3.8, 4) is 17.3 Å². The average Bonchev–Trinajstić information content (AvgIpc) is 3.15. The molecular formula is C24H28N2O7. The van der Waals surface area contributed by atoms with Crippen LogP contribution < -0.4 is 9.47 Å². The second kappa shape index (κ2) is 9.90. The molecule has 1 aromatic heterocycles. The molecule has 0 aliphatic carbocycles. The van der Waals surface area contributed by atoms with Crippen LogP contribution in [0, 0.1) is 6.92 Å². The number of para-hydroxylation sites is 1. The number of benzene rings is 2. The zero-order valence-corrected chi connectivity index (χ0v) is 18.4. The molecule has 1 aliphatic rings. The van der Waals surface area contributed by atoms with Gasteiger partial charge >= 0.3 is 0 Å². The van der Waals surface area contributed by atoms with Gasteiger partial charge in [0.25, 0.3) is 0 Å². The van der Waals surface area contributed by atoms with Crippen molar-refractivity contribution in [2.24, 2.45) is 0 Å². The number of nitrogens with zero attached hydrogens (tertiary/aromatic N) is 2. The van der Waals surface area contributed by atoms with Crippen LogP contribution in [-0.4, -0.2) is 74.6 Å². The summed E-state index contributed by atoms with van der Waals surface area (Å²) in [6.07, 6.45) is -6.45. The third-order valence-corrected chi connectivity index (χ3v) is 5.82. The Bertz CT molecular complexity index is 1050. The highest BCUT2D eigenvalue weighted by atomic mass is 16.7. The molecule has 1 saturated heterocycles. The molecule has 176 valence electrons. The molecule has 5 atom stereocenters. The molecule has 0 saturated carbocycles. The maximum absolute atomic E-state index is 10.4. The van der Waals surface area contributed by atoms with Crippen LogP contribution in [0.2, 0.25) is 0 Å². The summed E-state index contributed by atoms with van der Waals surface area (Å²) in [5.74, 6) is 0.963. The third-order valence-electron chi connectivity index (χ3n) is 5.82. The van der Waals surface area contributed by atoms with Gasteiger partial charge in [-0.15, -0.1) is 5.10 Å². The molecule has 0 unspecified atom stereocenters. The number of aromatic nitrogens is 2. The normalized spacial score (nSPS) is 25.1. The zero-order valence-electron chi connectivity index (χ0n) is 18.4. The fraction of sp³-hybridized carbons (Fsp3) is 0.375. The Morgan fingerprint density at radius 1 is 0.970 bits per heavy atom. The fourth-order valence-electron chi connectivity index (χ4n) is 3.85. The van der Waals surface area contributed by atoms with E-state index in [0.717, 1.165) is 28.3 Å². The lowest BCUT2D eigenvalue weighted by atomic mass is 9.99. The van der Waals surface area contributed by atoms with Gasteiger partial charge in [-0.25, -0.2) is 4.68 Å². The average molecular weight is 456 g/mol. The molecule has 9 nitrogen and oxygen atoms in total. The van der Waals surface area contributed by atoms with E-state index in [1.807, 2.05) is 61.5 Å². The van der Waals surface area contributed by atoms with E-state index in [4.69, 9.17) is 14.2 Å². The first kappa shape index (κ1) is 23.2. The van der Waals surface area contributed by atoms with Crippen molar-refractivity contribution in [1.82, 2.24) is 9.78 Å². The second-order valence-electron chi connectivity index (χ2n) is 7.96. The number of rotatable bonds is 7. The van der Waals surface area contributed by atoms with Crippen LogP contribution >= 0.6 is 0 Å². The van der Waals surface area contributed by atoms with Gasteiger partial charge in [-0.2, -0.15) is 0 Å². The van der Waals surface area contributed by atoms with E-state index in [-0.39, 0.29) is 5.88 Å². The predicted molar refractivity (Wildman–Crippen MR) is 118 cm³/mol. The maximum Gasteiger partial charge on any atom is 0.239 e. The minimum absolute atomic E-state index is 0.219. The predicted octanol–water partition coefficient (Wildman–Crippen LogP) is 0.959. The van der Waals surface area contributed by atoms with Crippen LogP contribution in [-0.2, 0) is 11.2 Å². The molecular weight excluding hydrogens is 428 g/mol. The molecule has 9 heteroatoms. The molecule has 1 fully saturated rings. The number of aliphatic hydroxyl groups is 4. The molecule has 4 rings (SSSR count). The summed E-state index contributed by atoms with van der Waals surface area (Å²) < 4.78 is 18.4. The number of hydrogen-bond donors (Lipinski definition) is 4. The standard InChI is InChI=1S/C24H28N2O7/c1-14-18(12-15-8-10-17(31-2)11-9-15)23(25-26(14)16-6-4-3-5-7-16)33-24-22(30)21(29)20(28)19(13-27)32-24/h3-11,19-22,24,27-30H,12-13H2,1-2H3/t19-,20-,21+,22-,24+/m1/s1. The van der Waals surface area contributed by atoms with E-state index < -0.39 is 37.3 Å². The number of methoxy groups -OCH3 is 1. The van der Waals surface area contributed by atoms with E-state index in [0.29, 0.717) is 6.42 Å². The Balaban J connectivity index is 1.69. The molecule has 0 spiro atoms. The molecule has 0 bridgehead atoms. The van der Waals surface area contributed by atoms with Crippen LogP contribution in [0.1, 0.15) is 16.8 Å². The third kappa shape index (κ3) is 4.73. The topological polar surface area (TPSA) is 126 Å². The highest BCUT2D eigenvalue weighted by molar-refractivity contribution is 5.43. The van der Waals surface area contributed by atoms with Crippen molar-refractivity contribution in [3.05, 3.63) is 71.4 Å². The molecule has 0 radical (unpaired) electrons. The molecule has 4 N–H and O–H groups in total. The van der Waals surface area contributed by atoms with Crippen molar-refractivity contribution < 1.29 is 34.6 Å². The van der Waals surface area contributed by atoms with Crippen LogP contribution in [0.3, 0.4) is 0 Å². The van der Waals surface area contributed by atoms with Gasteiger partial charge in [0.05, 0.1) is 19.4 Å². The van der Waals surface area contributed by atoms with Crippen molar-refractivity contribution in [2.45, 2.75) is 44.1 Å². The second-order valence-corrected chi connectivity index (χ2v) is 7.96. The Morgan fingerprint density at radius 2 is 1.67 bits per heavy atom. The summed E-state index contributed by atoms with van der Waals surface area (Å²) in [6, 6.07) is 17.1. The SMILES string of the molecule is COc1ccc(Cc2c(O[C@@H]3O[C@H](CO)[C@@H](O)[C@H](O)[C@H]3O)nn(-c3ccccc3)c2C)cc1. The Kier molecular flexibility index (Phi) is 6.96. The molecule has 33 heavy (non-hydrogen) atoms. The zero-order chi connectivity index (χ0) is 23.5. The number of aliphatic hydroxyl groups excluding tert-OH is 4. The van der Waals surface area contributed by atoms with Gasteiger partial charge in [0.1, 0.15) is 30.2 Å². The van der Waals surface area contributed by atoms with Crippen LogP contribution in [0.4, 0.5) is 0 Å². The monoisotopic (exact) mass is 456 g/mol.